The van der Waals surface area contributed by atoms with Crippen molar-refractivity contribution < 1.29 is 18.9 Å². The summed E-state index contributed by atoms with van der Waals surface area (Å²) in [5.41, 5.74) is 3.64. The molecule has 0 radical (unpaired) electrons. The first kappa shape index (κ1) is 17.0. The van der Waals surface area contributed by atoms with Crippen molar-refractivity contribution in [3.63, 3.8) is 0 Å². The lowest BCUT2D eigenvalue weighted by Crippen LogP contribution is -1.96. The third-order valence-corrected chi connectivity index (χ3v) is 4.39. The van der Waals surface area contributed by atoms with Gasteiger partial charge in [-0.15, -0.1) is 0 Å². The summed E-state index contributed by atoms with van der Waals surface area (Å²) >= 11 is 1.38. The molecule has 0 saturated heterocycles. The predicted molar refractivity (Wildman–Crippen MR) is 97.0 cm³/mol. The first-order valence-electron chi connectivity index (χ1n) is 7.47. The maximum atomic E-state index is 5.44. The van der Waals surface area contributed by atoms with Crippen LogP contribution >= 0.6 is 11.5 Å². The van der Waals surface area contributed by atoms with Gasteiger partial charge in [0.25, 0.3) is 0 Å². The summed E-state index contributed by atoms with van der Waals surface area (Å²) in [5.74, 6) is 2.30. The van der Waals surface area contributed by atoms with Crippen LogP contribution in [0.1, 0.15) is 0 Å². The third kappa shape index (κ3) is 3.23. The predicted octanol–water partition coefficient (Wildman–Crippen LogP) is 3.91. The molecule has 0 atom stereocenters. The Morgan fingerprint density at radius 1 is 0.840 bits per heavy atom. The van der Waals surface area contributed by atoms with E-state index in [4.69, 9.17) is 18.9 Å². The highest BCUT2D eigenvalue weighted by Gasteiger charge is 2.18. The Hall–Kier alpha value is -2.80. The highest BCUT2D eigenvalue weighted by Crippen LogP contribution is 2.43. The van der Waals surface area contributed by atoms with Crippen molar-refractivity contribution in [1.29, 1.82) is 0 Å². The van der Waals surface area contributed by atoms with Crippen LogP contribution in [0.15, 0.2) is 35.8 Å². The minimum atomic E-state index is 0.552. The van der Waals surface area contributed by atoms with Crippen LogP contribution in [-0.2, 0) is 0 Å². The molecule has 7 heteroatoms. The van der Waals surface area contributed by atoms with Crippen molar-refractivity contribution in [1.82, 2.24) is 9.36 Å². The van der Waals surface area contributed by atoms with Crippen LogP contribution in [0.3, 0.4) is 0 Å². The monoisotopic (exact) mass is 358 g/mol. The van der Waals surface area contributed by atoms with Gasteiger partial charge in [0.05, 0.1) is 34.1 Å². The van der Waals surface area contributed by atoms with E-state index in [2.05, 4.69) is 9.36 Å². The molecule has 0 saturated carbocycles. The number of benzene rings is 1. The van der Waals surface area contributed by atoms with E-state index in [1.165, 1.54) is 11.5 Å². The molecule has 0 spiro atoms. The molecule has 0 aliphatic carbocycles. The maximum absolute atomic E-state index is 5.44. The van der Waals surface area contributed by atoms with Gasteiger partial charge < -0.3 is 18.9 Å². The molecule has 25 heavy (non-hydrogen) atoms. The molecule has 1 aromatic carbocycles. The fourth-order valence-electron chi connectivity index (χ4n) is 2.53. The van der Waals surface area contributed by atoms with Gasteiger partial charge in [0.1, 0.15) is 0 Å². The molecule has 2 aromatic heterocycles. The molecule has 0 N–H and O–H groups in total. The molecule has 0 bridgehead atoms. The van der Waals surface area contributed by atoms with E-state index in [0.717, 1.165) is 22.4 Å². The van der Waals surface area contributed by atoms with E-state index in [1.54, 1.807) is 34.6 Å². The van der Waals surface area contributed by atoms with Crippen LogP contribution in [0.5, 0.6) is 23.1 Å². The van der Waals surface area contributed by atoms with Crippen molar-refractivity contribution in [2.45, 2.75) is 0 Å². The van der Waals surface area contributed by atoms with Crippen LogP contribution in [0.2, 0.25) is 0 Å². The quantitative estimate of drug-likeness (QED) is 0.666. The summed E-state index contributed by atoms with van der Waals surface area (Å²) in [4.78, 5) is 4.27. The highest BCUT2D eigenvalue weighted by atomic mass is 32.1. The molecule has 2 heterocycles. The second-order valence-corrected chi connectivity index (χ2v) is 5.71. The molecule has 0 aliphatic heterocycles. The number of aromatic nitrogens is 2. The number of ether oxygens (including phenoxy) is 4. The largest absolute Gasteiger partial charge is 0.493 e. The molecule has 3 aromatic rings. The summed E-state index contributed by atoms with van der Waals surface area (Å²) in [6.45, 7) is 0. The first-order valence-corrected chi connectivity index (χ1v) is 8.30. The molecular formula is C18H18N2O4S. The zero-order valence-electron chi connectivity index (χ0n) is 14.4. The summed E-state index contributed by atoms with van der Waals surface area (Å²) in [7, 11) is 6.36. The lowest BCUT2D eigenvalue weighted by Gasteiger charge is -2.14. The van der Waals surface area contributed by atoms with E-state index in [9.17, 15) is 0 Å². The summed E-state index contributed by atoms with van der Waals surface area (Å²) in [6.07, 6.45) is 1.77. The van der Waals surface area contributed by atoms with E-state index in [-0.39, 0.29) is 0 Å². The minimum Gasteiger partial charge on any atom is -0.493 e. The van der Waals surface area contributed by atoms with Crippen LogP contribution in [-0.4, -0.2) is 37.8 Å². The molecular weight excluding hydrogens is 340 g/mol. The smallest absolute Gasteiger partial charge is 0.212 e. The van der Waals surface area contributed by atoms with E-state index < -0.39 is 0 Å². The number of nitrogens with zero attached hydrogens (tertiary/aromatic N) is 2. The number of methoxy groups -OCH3 is 4. The van der Waals surface area contributed by atoms with Gasteiger partial charge in [-0.1, -0.05) is 0 Å². The molecule has 0 aliphatic rings. The van der Waals surface area contributed by atoms with Crippen LogP contribution < -0.4 is 18.9 Å². The first-order chi connectivity index (χ1) is 12.2. The molecule has 0 unspecified atom stereocenters. The van der Waals surface area contributed by atoms with Gasteiger partial charge in [-0.3, -0.25) is 0 Å². The second-order valence-electron chi connectivity index (χ2n) is 5.08. The Kier molecular flexibility index (Phi) is 5.04. The third-order valence-electron chi connectivity index (χ3n) is 3.76. The van der Waals surface area contributed by atoms with Crippen molar-refractivity contribution in [2.75, 3.05) is 28.4 Å². The molecule has 3 rings (SSSR count). The van der Waals surface area contributed by atoms with Crippen molar-refractivity contribution in [3.8, 4) is 45.5 Å². The maximum Gasteiger partial charge on any atom is 0.212 e. The number of hydrogen-bond acceptors (Lipinski definition) is 7. The number of hydrogen-bond donors (Lipinski definition) is 0. The van der Waals surface area contributed by atoms with Crippen LogP contribution in [0, 0.1) is 0 Å². The zero-order valence-corrected chi connectivity index (χ0v) is 15.2. The molecule has 0 amide bonds. The average molecular weight is 358 g/mol. The number of rotatable bonds is 6. The lowest BCUT2D eigenvalue weighted by molar-refractivity contribution is 0.324. The van der Waals surface area contributed by atoms with Gasteiger partial charge >= 0.3 is 0 Å². The van der Waals surface area contributed by atoms with Crippen molar-refractivity contribution in [2.24, 2.45) is 0 Å². The van der Waals surface area contributed by atoms with E-state index >= 15 is 0 Å². The summed E-state index contributed by atoms with van der Waals surface area (Å²) in [5, 5.41) is 1.99. The van der Waals surface area contributed by atoms with Crippen LogP contribution in [0.4, 0.5) is 0 Å². The number of pyridine rings is 1. The highest BCUT2D eigenvalue weighted by molar-refractivity contribution is 7.04. The fraction of sp³-hybridized carbons (Fsp3) is 0.222. The average Bonchev–Trinajstić information content (AvgIpc) is 3.16. The van der Waals surface area contributed by atoms with E-state index in [1.807, 2.05) is 29.6 Å². The second kappa shape index (κ2) is 7.40. The summed E-state index contributed by atoms with van der Waals surface area (Å²) < 4.78 is 25.9. The van der Waals surface area contributed by atoms with Crippen LogP contribution in [0.25, 0.3) is 22.4 Å². The lowest BCUT2D eigenvalue weighted by atomic mass is 10.0. The Labute approximate surface area is 150 Å². The standard InChI is InChI=1S/C18H18N2O4S/c1-21-14-7-12(8-15(22-2)18(14)24-4)17-13(10-25-20-17)11-5-6-16(23-3)19-9-11/h5-10H,1-4H3. The van der Waals surface area contributed by atoms with Crippen molar-refractivity contribution >= 4 is 11.5 Å². The SMILES string of the molecule is COc1ccc(-c2csnc2-c2cc(OC)c(OC)c(OC)c2)cn1. The Balaban J connectivity index is 2.10. The Bertz CT molecular complexity index is 837. The van der Waals surface area contributed by atoms with Gasteiger partial charge in [0.2, 0.25) is 11.6 Å². The van der Waals surface area contributed by atoms with Gasteiger partial charge in [-0.2, -0.15) is 4.37 Å². The Morgan fingerprint density at radius 2 is 1.56 bits per heavy atom. The van der Waals surface area contributed by atoms with Gasteiger partial charge in [0.15, 0.2) is 11.5 Å². The van der Waals surface area contributed by atoms with Gasteiger partial charge in [0, 0.05) is 34.3 Å². The normalized spacial score (nSPS) is 10.4. The molecule has 6 nitrogen and oxygen atoms in total. The molecule has 0 fully saturated rings. The summed E-state index contributed by atoms with van der Waals surface area (Å²) in [6, 6.07) is 7.55. The topological polar surface area (TPSA) is 62.7 Å². The van der Waals surface area contributed by atoms with Gasteiger partial charge in [-0.05, 0) is 29.7 Å². The Morgan fingerprint density at radius 3 is 2.08 bits per heavy atom. The fourth-order valence-corrected chi connectivity index (χ4v) is 3.24. The molecule has 130 valence electrons. The minimum absolute atomic E-state index is 0.552. The van der Waals surface area contributed by atoms with Crippen molar-refractivity contribution in [3.05, 3.63) is 35.8 Å². The van der Waals surface area contributed by atoms with Gasteiger partial charge in [-0.25, -0.2) is 4.98 Å². The van der Waals surface area contributed by atoms with E-state index in [0.29, 0.717) is 23.1 Å². The zero-order chi connectivity index (χ0) is 17.8.